The predicted molar refractivity (Wildman–Crippen MR) is 139 cm³/mol. The molecule has 0 radical (unpaired) electrons. The van der Waals surface area contributed by atoms with E-state index in [9.17, 15) is 0 Å². The smallest absolute Gasteiger partial charge is 0.141 e. The average Bonchev–Trinajstić information content (AvgIpc) is 3.46. The minimum absolute atomic E-state index is 0.375. The van der Waals surface area contributed by atoms with Crippen LogP contribution in [0.4, 0.5) is 0 Å². The van der Waals surface area contributed by atoms with Crippen molar-refractivity contribution in [1.29, 1.82) is 0 Å². The lowest BCUT2D eigenvalue weighted by atomic mass is 9.99. The monoisotopic (exact) mass is 482 g/mol. The lowest BCUT2D eigenvalue weighted by Gasteiger charge is -2.23. The van der Waals surface area contributed by atoms with Crippen LogP contribution in [0, 0.1) is 13.8 Å². The minimum Gasteiger partial charge on any atom is -0.496 e. The number of hydrogen-bond donors (Lipinski definition) is 0. The summed E-state index contributed by atoms with van der Waals surface area (Å²) in [6.07, 6.45) is 4.81. The second-order valence-electron chi connectivity index (χ2n) is 9.50. The van der Waals surface area contributed by atoms with Crippen molar-refractivity contribution in [2.75, 3.05) is 20.3 Å². The summed E-state index contributed by atoms with van der Waals surface area (Å²) in [5.41, 5.74) is 6.97. The Morgan fingerprint density at radius 2 is 1.86 bits per heavy atom. The van der Waals surface area contributed by atoms with Crippen molar-refractivity contribution in [2.45, 2.75) is 45.6 Å². The first-order valence-electron chi connectivity index (χ1n) is 12.6. The van der Waals surface area contributed by atoms with Crippen LogP contribution >= 0.6 is 0 Å². The van der Waals surface area contributed by atoms with Crippen LogP contribution in [0.2, 0.25) is 0 Å². The van der Waals surface area contributed by atoms with Gasteiger partial charge in [0.05, 0.1) is 35.6 Å². The first-order chi connectivity index (χ1) is 17.6. The quantitative estimate of drug-likeness (QED) is 0.295. The summed E-state index contributed by atoms with van der Waals surface area (Å²) in [6.45, 7) is 6.28. The first kappa shape index (κ1) is 22.7. The van der Waals surface area contributed by atoms with E-state index in [1.165, 1.54) is 5.56 Å². The van der Waals surface area contributed by atoms with Gasteiger partial charge in [-0.3, -0.25) is 4.98 Å². The summed E-state index contributed by atoms with van der Waals surface area (Å²) < 4.78 is 19.4. The number of pyridine rings is 1. The highest BCUT2D eigenvalue weighted by molar-refractivity contribution is 6.05. The molecule has 0 saturated carbocycles. The van der Waals surface area contributed by atoms with E-state index >= 15 is 0 Å². The highest BCUT2D eigenvalue weighted by Crippen LogP contribution is 2.40. The van der Waals surface area contributed by atoms with E-state index in [0.29, 0.717) is 5.92 Å². The standard InChI is InChI=1S/C29H30N4O3/c1-18-27(19(2)36-32-18)23-15-24-22(16-26(23)34-3)28-25(17-30-24)31-29(21-10-13-35-14-11-21)33(28)12-9-20-7-5-4-6-8-20/h4-8,15-17,21H,9-14H2,1-3H3. The maximum absolute atomic E-state index is 5.89. The average molecular weight is 483 g/mol. The van der Waals surface area contributed by atoms with Crippen LogP contribution in [-0.4, -0.2) is 40.0 Å². The van der Waals surface area contributed by atoms with E-state index < -0.39 is 0 Å². The number of methoxy groups -OCH3 is 1. The van der Waals surface area contributed by atoms with E-state index in [2.05, 4.69) is 52.2 Å². The Morgan fingerprint density at radius 3 is 2.58 bits per heavy atom. The zero-order chi connectivity index (χ0) is 24.6. The summed E-state index contributed by atoms with van der Waals surface area (Å²) in [5.74, 6) is 3.04. The van der Waals surface area contributed by atoms with Crippen molar-refractivity contribution >= 4 is 21.9 Å². The van der Waals surface area contributed by atoms with Gasteiger partial charge in [-0.1, -0.05) is 35.5 Å². The van der Waals surface area contributed by atoms with Gasteiger partial charge in [0.1, 0.15) is 22.9 Å². The van der Waals surface area contributed by atoms with E-state index in [-0.39, 0.29) is 0 Å². The number of hydrogen-bond acceptors (Lipinski definition) is 6. The number of ether oxygens (including phenoxy) is 2. The Bertz CT molecular complexity index is 1510. The molecule has 0 bridgehead atoms. The van der Waals surface area contributed by atoms with Crippen LogP contribution in [0.5, 0.6) is 5.75 Å². The SMILES string of the molecule is COc1cc2c(cc1-c1c(C)noc1C)ncc1nc(C3CCOCC3)n(CCc3ccccc3)c12. The summed E-state index contributed by atoms with van der Waals surface area (Å²) >= 11 is 0. The molecule has 0 spiro atoms. The third-order valence-corrected chi connectivity index (χ3v) is 7.28. The fourth-order valence-corrected chi connectivity index (χ4v) is 5.47. The molecule has 2 aromatic carbocycles. The fraction of sp³-hybridized carbons (Fsp3) is 0.345. The second-order valence-corrected chi connectivity index (χ2v) is 9.50. The summed E-state index contributed by atoms with van der Waals surface area (Å²) in [4.78, 5) is 9.96. The van der Waals surface area contributed by atoms with Crippen LogP contribution in [0.1, 0.15) is 41.6 Å². The van der Waals surface area contributed by atoms with Crippen molar-refractivity contribution in [3.63, 3.8) is 0 Å². The molecule has 7 nitrogen and oxygen atoms in total. The molecule has 0 aliphatic carbocycles. The number of benzene rings is 2. The number of fused-ring (bicyclic) bond motifs is 3. The number of rotatable bonds is 6. The van der Waals surface area contributed by atoms with Gasteiger partial charge in [0, 0.05) is 36.6 Å². The van der Waals surface area contributed by atoms with Gasteiger partial charge in [-0.15, -0.1) is 0 Å². The van der Waals surface area contributed by atoms with E-state index in [1.807, 2.05) is 20.0 Å². The molecule has 184 valence electrons. The van der Waals surface area contributed by atoms with Gasteiger partial charge in [-0.2, -0.15) is 0 Å². The van der Waals surface area contributed by atoms with Gasteiger partial charge >= 0.3 is 0 Å². The molecular formula is C29H30N4O3. The van der Waals surface area contributed by atoms with E-state index in [4.69, 9.17) is 24.0 Å². The Balaban J connectivity index is 1.55. The number of aromatic nitrogens is 4. The van der Waals surface area contributed by atoms with Gasteiger partial charge in [-0.05, 0) is 50.8 Å². The molecule has 1 aliphatic rings. The number of imidazole rings is 1. The molecule has 0 atom stereocenters. The minimum atomic E-state index is 0.375. The van der Waals surface area contributed by atoms with Crippen LogP contribution < -0.4 is 4.74 Å². The second kappa shape index (κ2) is 9.39. The number of nitrogens with zero attached hydrogens (tertiary/aromatic N) is 4. The van der Waals surface area contributed by atoms with Gasteiger partial charge in [0.15, 0.2) is 0 Å². The zero-order valence-corrected chi connectivity index (χ0v) is 21.0. The molecule has 3 aromatic heterocycles. The molecule has 5 aromatic rings. The van der Waals surface area contributed by atoms with E-state index in [1.54, 1.807) is 7.11 Å². The molecule has 4 heterocycles. The Kier molecular flexibility index (Phi) is 5.93. The van der Waals surface area contributed by atoms with Crippen molar-refractivity contribution < 1.29 is 14.0 Å². The molecule has 1 fully saturated rings. The molecule has 7 heteroatoms. The summed E-state index contributed by atoms with van der Waals surface area (Å²) in [5, 5.41) is 5.19. The first-order valence-corrected chi connectivity index (χ1v) is 12.6. The maximum Gasteiger partial charge on any atom is 0.141 e. The molecule has 0 unspecified atom stereocenters. The van der Waals surface area contributed by atoms with Crippen LogP contribution in [0.3, 0.4) is 0 Å². The molecule has 0 amide bonds. The summed E-state index contributed by atoms with van der Waals surface area (Å²) in [6, 6.07) is 14.8. The molecule has 1 aliphatic heterocycles. The molecule has 36 heavy (non-hydrogen) atoms. The van der Waals surface area contributed by atoms with Crippen LogP contribution in [0.15, 0.2) is 53.2 Å². The Labute approximate surface area is 210 Å². The summed E-state index contributed by atoms with van der Waals surface area (Å²) in [7, 11) is 1.70. The fourth-order valence-electron chi connectivity index (χ4n) is 5.47. The van der Waals surface area contributed by atoms with Crippen LogP contribution in [0.25, 0.3) is 33.1 Å². The Hall–Kier alpha value is -3.71. The zero-order valence-electron chi connectivity index (χ0n) is 21.0. The van der Waals surface area contributed by atoms with Crippen molar-refractivity contribution in [3.8, 4) is 16.9 Å². The normalized spacial score (nSPS) is 14.6. The maximum atomic E-state index is 5.89. The van der Waals surface area contributed by atoms with Crippen molar-refractivity contribution in [1.82, 2.24) is 19.7 Å². The third kappa shape index (κ3) is 3.93. The van der Waals surface area contributed by atoms with E-state index in [0.717, 1.165) is 95.1 Å². The van der Waals surface area contributed by atoms with Gasteiger partial charge in [0.2, 0.25) is 0 Å². The van der Waals surface area contributed by atoms with Crippen molar-refractivity contribution in [2.24, 2.45) is 0 Å². The van der Waals surface area contributed by atoms with Crippen molar-refractivity contribution in [3.05, 3.63) is 71.5 Å². The molecule has 0 N–H and O–H groups in total. The number of aryl methyl sites for hydroxylation is 4. The molecule has 6 rings (SSSR count). The topological polar surface area (TPSA) is 75.2 Å². The highest BCUT2D eigenvalue weighted by Gasteiger charge is 2.25. The highest BCUT2D eigenvalue weighted by atomic mass is 16.5. The van der Waals surface area contributed by atoms with Gasteiger partial charge in [0.25, 0.3) is 0 Å². The van der Waals surface area contributed by atoms with Gasteiger partial charge in [-0.25, -0.2) is 4.98 Å². The molecular weight excluding hydrogens is 452 g/mol. The van der Waals surface area contributed by atoms with Gasteiger partial charge < -0.3 is 18.6 Å². The predicted octanol–water partition coefficient (Wildman–Crippen LogP) is 6.00. The third-order valence-electron chi connectivity index (χ3n) is 7.28. The van der Waals surface area contributed by atoms with Crippen LogP contribution in [-0.2, 0) is 17.7 Å². The lowest BCUT2D eigenvalue weighted by Crippen LogP contribution is -2.18. The Morgan fingerprint density at radius 1 is 1.06 bits per heavy atom. The molecule has 1 saturated heterocycles. The largest absolute Gasteiger partial charge is 0.496 e. The lowest BCUT2D eigenvalue weighted by molar-refractivity contribution is 0.0829.